The van der Waals surface area contributed by atoms with Crippen molar-refractivity contribution in [1.29, 1.82) is 0 Å². The van der Waals surface area contributed by atoms with Crippen LogP contribution in [0.1, 0.15) is 11.1 Å². The molecule has 6 rings (SSSR count). The van der Waals surface area contributed by atoms with Gasteiger partial charge in [-0.25, -0.2) is 0 Å². The van der Waals surface area contributed by atoms with Gasteiger partial charge in [-0.2, -0.15) is 0 Å². The minimum absolute atomic E-state index is 0.218. The van der Waals surface area contributed by atoms with Crippen LogP contribution in [0.15, 0.2) is 170 Å². The highest BCUT2D eigenvalue weighted by Crippen LogP contribution is 2.08. The molecular formula is C38H30B2. The first-order valence-electron chi connectivity index (χ1n) is 13.9. The van der Waals surface area contributed by atoms with Gasteiger partial charge < -0.3 is 0 Å². The van der Waals surface area contributed by atoms with Crippen LogP contribution in [0, 0.1) is 0 Å². The summed E-state index contributed by atoms with van der Waals surface area (Å²) in [7, 11) is 0. The molecule has 0 bridgehead atoms. The van der Waals surface area contributed by atoms with Crippen molar-refractivity contribution in [3.05, 3.63) is 181 Å². The summed E-state index contributed by atoms with van der Waals surface area (Å²) in [5, 5.41) is 0. The molecule has 0 spiro atoms. The van der Waals surface area contributed by atoms with Gasteiger partial charge in [-0.3, -0.25) is 0 Å². The molecule has 0 aliphatic rings. The Bertz CT molecular complexity index is 1440. The zero-order valence-electron chi connectivity index (χ0n) is 22.5. The second-order valence-electron chi connectivity index (χ2n) is 10.2. The smallest absolute Gasteiger partial charge is 0.0687 e. The first-order chi connectivity index (χ1) is 19.8. The van der Waals surface area contributed by atoms with Crippen molar-refractivity contribution >= 4 is 58.4 Å². The predicted molar refractivity (Wildman–Crippen MR) is 177 cm³/mol. The molecule has 0 amide bonds. The quantitative estimate of drug-likeness (QED) is 0.203. The standard InChI is InChI=1S/C38H30B2/c1-5-13-33(14-6-1)39(34-15-7-2-8-16-34)37-27-23-31(24-28-37)21-22-32-25-29-38(30-26-32)40(35-17-9-3-10-18-35)36-19-11-4-12-20-36/h1-30H. The van der Waals surface area contributed by atoms with Gasteiger partial charge in [0.15, 0.2) is 0 Å². The van der Waals surface area contributed by atoms with Gasteiger partial charge in [0.1, 0.15) is 0 Å². The van der Waals surface area contributed by atoms with Gasteiger partial charge >= 0.3 is 0 Å². The lowest BCUT2D eigenvalue weighted by Crippen LogP contribution is -2.51. The number of benzene rings is 6. The lowest BCUT2D eigenvalue weighted by Gasteiger charge is -2.16. The molecule has 0 saturated carbocycles. The molecule has 0 fully saturated rings. The van der Waals surface area contributed by atoms with Crippen LogP contribution < -0.4 is 32.8 Å². The molecule has 0 atom stereocenters. The highest BCUT2D eigenvalue weighted by atomic mass is 14.0. The normalized spacial score (nSPS) is 10.9. The molecule has 188 valence electrons. The fourth-order valence-electron chi connectivity index (χ4n) is 5.53. The third-order valence-corrected chi connectivity index (χ3v) is 7.54. The Balaban J connectivity index is 1.22. The molecular weight excluding hydrogens is 478 g/mol. The van der Waals surface area contributed by atoms with E-state index in [4.69, 9.17) is 0 Å². The Hall–Kier alpha value is -4.81. The minimum atomic E-state index is 0.218. The van der Waals surface area contributed by atoms with Crippen LogP contribution in [0.25, 0.3) is 12.2 Å². The second-order valence-corrected chi connectivity index (χ2v) is 10.2. The summed E-state index contributed by atoms with van der Waals surface area (Å²) in [5.41, 5.74) is 10.2. The van der Waals surface area contributed by atoms with Gasteiger partial charge in [-0.1, -0.05) is 215 Å². The van der Waals surface area contributed by atoms with E-state index in [1.807, 2.05) is 0 Å². The summed E-state index contributed by atoms with van der Waals surface area (Å²) in [5.74, 6) is 0. The van der Waals surface area contributed by atoms with Crippen LogP contribution in [0.5, 0.6) is 0 Å². The van der Waals surface area contributed by atoms with Crippen LogP contribution in [0.3, 0.4) is 0 Å². The molecule has 6 aromatic rings. The van der Waals surface area contributed by atoms with Crippen molar-refractivity contribution in [3.8, 4) is 0 Å². The first kappa shape index (κ1) is 25.5. The fourth-order valence-corrected chi connectivity index (χ4v) is 5.53. The SMILES string of the molecule is C(=Cc1ccc(B(c2ccccc2)c2ccccc2)cc1)c1ccc(B(c2ccccc2)c2ccccc2)cc1. The van der Waals surface area contributed by atoms with E-state index < -0.39 is 0 Å². The molecule has 0 N–H and O–H groups in total. The van der Waals surface area contributed by atoms with Crippen LogP contribution in [0.4, 0.5) is 0 Å². The van der Waals surface area contributed by atoms with Crippen molar-refractivity contribution < 1.29 is 0 Å². The zero-order valence-corrected chi connectivity index (χ0v) is 22.5. The summed E-state index contributed by atoms with van der Waals surface area (Å²) in [4.78, 5) is 0. The van der Waals surface area contributed by atoms with E-state index in [2.05, 4.69) is 182 Å². The average molecular weight is 508 g/mol. The van der Waals surface area contributed by atoms with Crippen molar-refractivity contribution in [3.63, 3.8) is 0 Å². The Labute approximate surface area is 238 Å². The van der Waals surface area contributed by atoms with E-state index in [9.17, 15) is 0 Å². The van der Waals surface area contributed by atoms with E-state index in [-0.39, 0.29) is 13.4 Å². The Morgan fingerprint density at radius 2 is 0.475 bits per heavy atom. The summed E-state index contributed by atoms with van der Waals surface area (Å²) < 4.78 is 0. The van der Waals surface area contributed by atoms with E-state index >= 15 is 0 Å². The first-order valence-corrected chi connectivity index (χ1v) is 13.9. The highest BCUT2D eigenvalue weighted by molar-refractivity contribution is 6.96. The van der Waals surface area contributed by atoms with Gasteiger partial charge in [-0.05, 0) is 11.1 Å². The lowest BCUT2D eigenvalue weighted by molar-refractivity contribution is 1.66. The molecule has 0 heterocycles. The topological polar surface area (TPSA) is 0 Å². The number of rotatable bonds is 8. The second kappa shape index (κ2) is 12.4. The summed E-state index contributed by atoms with van der Waals surface area (Å²) in [6.45, 7) is 0.435. The highest BCUT2D eigenvalue weighted by Gasteiger charge is 2.22. The van der Waals surface area contributed by atoms with E-state index in [1.165, 1.54) is 43.9 Å². The van der Waals surface area contributed by atoms with Crippen LogP contribution in [-0.2, 0) is 0 Å². The summed E-state index contributed by atoms with van der Waals surface area (Å²) in [6, 6.07) is 61.0. The maximum absolute atomic E-state index is 2.26. The van der Waals surface area contributed by atoms with Crippen LogP contribution in [-0.4, -0.2) is 13.4 Å². The molecule has 0 radical (unpaired) electrons. The molecule has 0 saturated heterocycles. The van der Waals surface area contributed by atoms with Gasteiger partial charge in [0.25, 0.3) is 0 Å². The van der Waals surface area contributed by atoms with Crippen LogP contribution >= 0.6 is 0 Å². The third-order valence-electron chi connectivity index (χ3n) is 7.54. The molecule has 0 unspecified atom stereocenters. The maximum atomic E-state index is 2.26. The van der Waals surface area contributed by atoms with Crippen LogP contribution in [0.2, 0.25) is 0 Å². The van der Waals surface area contributed by atoms with Crippen molar-refractivity contribution in [2.75, 3.05) is 0 Å². The monoisotopic (exact) mass is 508 g/mol. The van der Waals surface area contributed by atoms with E-state index in [1.54, 1.807) is 0 Å². The van der Waals surface area contributed by atoms with Crippen molar-refractivity contribution in [2.45, 2.75) is 0 Å². The number of hydrogen-bond donors (Lipinski definition) is 0. The molecule has 2 heteroatoms. The molecule has 0 aliphatic heterocycles. The maximum Gasteiger partial charge on any atom is 0.241 e. The lowest BCUT2D eigenvalue weighted by atomic mass is 9.37. The largest absolute Gasteiger partial charge is 0.241 e. The van der Waals surface area contributed by atoms with Crippen molar-refractivity contribution in [1.82, 2.24) is 0 Å². The van der Waals surface area contributed by atoms with Crippen molar-refractivity contribution in [2.24, 2.45) is 0 Å². The Kier molecular flexibility index (Phi) is 7.87. The molecule has 0 nitrogen and oxygen atoms in total. The number of hydrogen-bond acceptors (Lipinski definition) is 0. The Morgan fingerprint density at radius 3 is 0.725 bits per heavy atom. The minimum Gasteiger partial charge on any atom is -0.0687 e. The average Bonchev–Trinajstić information content (AvgIpc) is 3.04. The molecule has 40 heavy (non-hydrogen) atoms. The van der Waals surface area contributed by atoms with Gasteiger partial charge in [0, 0.05) is 0 Å². The molecule has 0 aliphatic carbocycles. The predicted octanol–water partition coefficient (Wildman–Crippen LogP) is 4.89. The summed E-state index contributed by atoms with van der Waals surface area (Å²) in [6.07, 6.45) is 4.40. The Morgan fingerprint density at radius 1 is 0.250 bits per heavy atom. The van der Waals surface area contributed by atoms with Gasteiger partial charge in [0.2, 0.25) is 13.4 Å². The van der Waals surface area contributed by atoms with E-state index in [0.29, 0.717) is 0 Å². The fraction of sp³-hybridized carbons (Fsp3) is 0. The summed E-state index contributed by atoms with van der Waals surface area (Å²) >= 11 is 0. The third kappa shape index (κ3) is 5.92. The molecule has 6 aromatic carbocycles. The van der Waals surface area contributed by atoms with Gasteiger partial charge in [0.05, 0.1) is 0 Å². The van der Waals surface area contributed by atoms with Gasteiger partial charge in [-0.15, -0.1) is 0 Å². The zero-order chi connectivity index (χ0) is 27.0. The van der Waals surface area contributed by atoms with E-state index in [0.717, 1.165) is 0 Å². The molecule has 0 aromatic heterocycles.